The lowest BCUT2D eigenvalue weighted by atomic mass is 9.94. The summed E-state index contributed by atoms with van der Waals surface area (Å²) < 4.78 is 15.9. The maximum absolute atomic E-state index is 6.08. The van der Waals surface area contributed by atoms with Crippen LogP contribution in [-0.2, 0) is 17.8 Å². The first-order chi connectivity index (χ1) is 8.41. The van der Waals surface area contributed by atoms with Crippen LogP contribution in [0.5, 0.6) is 11.5 Å². The first kappa shape index (κ1) is 14.8. The van der Waals surface area contributed by atoms with Crippen LogP contribution >= 0.6 is 0 Å². The van der Waals surface area contributed by atoms with E-state index < -0.39 is 0 Å². The number of benzene rings is 1. The second-order valence-corrected chi connectivity index (χ2v) is 5.09. The van der Waals surface area contributed by atoms with Crippen molar-refractivity contribution >= 4 is 0 Å². The highest BCUT2D eigenvalue weighted by molar-refractivity contribution is 5.50. The summed E-state index contributed by atoms with van der Waals surface area (Å²) in [5.41, 5.74) is 7.87. The molecule has 0 saturated heterocycles. The topological polar surface area (TPSA) is 53.7 Å². The van der Waals surface area contributed by atoms with Crippen molar-refractivity contribution < 1.29 is 14.2 Å². The minimum Gasteiger partial charge on any atom is -0.493 e. The Morgan fingerprint density at radius 3 is 2.22 bits per heavy atom. The molecule has 0 saturated carbocycles. The van der Waals surface area contributed by atoms with Gasteiger partial charge in [0.1, 0.15) is 0 Å². The smallest absolute Gasteiger partial charge is 0.163 e. The van der Waals surface area contributed by atoms with E-state index in [1.54, 1.807) is 21.3 Å². The fourth-order valence-corrected chi connectivity index (χ4v) is 1.98. The van der Waals surface area contributed by atoms with E-state index in [1.807, 2.05) is 19.9 Å². The lowest BCUT2D eigenvalue weighted by molar-refractivity contribution is 0.184. The highest BCUT2D eigenvalue weighted by Crippen LogP contribution is 2.34. The summed E-state index contributed by atoms with van der Waals surface area (Å²) in [6, 6.07) is 3.98. The molecule has 1 aromatic carbocycles. The van der Waals surface area contributed by atoms with E-state index in [4.69, 9.17) is 19.9 Å². The summed E-state index contributed by atoms with van der Waals surface area (Å²) in [6.45, 7) is 4.52. The molecule has 4 heteroatoms. The van der Waals surface area contributed by atoms with E-state index in [-0.39, 0.29) is 5.54 Å². The molecule has 0 radical (unpaired) electrons. The third-order valence-corrected chi connectivity index (χ3v) is 2.57. The molecule has 0 aliphatic carbocycles. The minimum absolute atomic E-state index is 0.302. The third-order valence-electron chi connectivity index (χ3n) is 2.57. The summed E-state index contributed by atoms with van der Waals surface area (Å²) in [4.78, 5) is 0. The van der Waals surface area contributed by atoms with Gasteiger partial charge >= 0.3 is 0 Å². The van der Waals surface area contributed by atoms with Crippen molar-refractivity contribution in [2.45, 2.75) is 32.4 Å². The molecule has 0 heterocycles. The Morgan fingerprint density at radius 2 is 1.78 bits per heavy atom. The van der Waals surface area contributed by atoms with Crippen LogP contribution in [-0.4, -0.2) is 26.9 Å². The first-order valence-corrected chi connectivity index (χ1v) is 5.93. The van der Waals surface area contributed by atoms with Crippen LogP contribution in [0.1, 0.15) is 25.0 Å². The number of hydrogen-bond acceptors (Lipinski definition) is 4. The molecule has 0 bridgehead atoms. The Morgan fingerprint density at radius 1 is 1.11 bits per heavy atom. The molecule has 0 aliphatic rings. The van der Waals surface area contributed by atoms with Crippen molar-refractivity contribution in [3.8, 4) is 11.5 Å². The zero-order valence-electron chi connectivity index (χ0n) is 11.9. The standard InChI is InChI=1S/C14H23NO3/c1-14(2,15)8-11-6-10(9-16-3)7-12(17-4)13(11)18-5/h6-7H,8-9,15H2,1-5H3. The van der Waals surface area contributed by atoms with Gasteiger partial charge in [0.25, 0.3) is 0 Å². The van der Waals surface area contributed by atoms with Crippen LogP contribution in [0.2, 0.25) is 0 Å². The number of nitrogens with two attached hydrogens (primary N) is 1. The number of hydrogen-bond donors (Lipinski definition) is 1. The van der Waals surface area contributed by atoms with Gasteiger partial charge < -0.3 is 19.9 Å². The Balaban J connectivity index is 3.22. The number of ether oxygens (including phenoxy) is 3. The van der Waals surface area contributed by atoms with E-state index in [1.165, 1.54) is 0 Å². The van der Waals surface area contributed by atoms with E-state index in [0.717, 1.165) is 16.9 Å². The Bertz CT molecular complexity index is 397. The molecular weight excluding hydrogens is 230 g/mol. The summed E-state index contributed by atoms with van der Waals surface area (Å²) in [7, 11) is 4.94. The summed E-state index contributed by atoms with van der Waals surface area (Å²) in [5.74, 6) is 1.46. The fraction of sp³-hybridized carbons (Fsp3) is 0.571. The zero-order valence-corrected chi connectivity index (χ0v) is 11.9. The molecule has 0 fully saturated rings. The molecule has 0 amide bonds. The van der Waals surface area contributed by atoms with Crippen LogP contribution in [0.3, 0.4) is 0 Å². The van der Waals surface area contributed by atoms with Crippen molar-refractivity contribution in [1.82, 2.24) is 0 Å². The van der Waals surface area contributed by atoms with Gasteiger partial charge in [-0.05, 0) is 38.0 Å². The fourth-order valence-electron chi connectivity index (χ4n) is 1.98. The van der Waals surface area contributed by atoms with E-state index >= 15 is 0 Å². The number of methoxy groups -OCH3 is 3. The molecule has 0 spiro atoms. The van der Waals surface area contributed by atoms with Gasteiger partial charge in [-0.2, -0.15) is 0 Å². The quantitative estimate of drug-likeness (QED) is 0.844. The van der Waals surface area contributed by atoms with Gasteiger partial charge in [-0.25, -0.2) is 0 Å². The molecule has 18 heavy (non-hydrogen) atoms. The van der Waals surface area contributed by atoms with Crippen molar-refractivity contribution in [2.75, 3.05) is 21.3 Å². The largest absolute Gasteiger partial charge is 0.493 e. The lowest BCUT2D eigenvalue weighted by Gasteiger charge is -2.22. The summed E-state index contributed by atoms with van der Waals surface area (Å²) in [5, 5.41) is 0. The maximum Gasteiger partial charge on any atom is 0.163 e. The van der Waals surface area contributed by atoms with Gasteiger partial charge in [0.05, 0.1) is 20.8 Å². The zero-order chi connectivity index (χ0) is 13.8. The Hall–Kier alpha value is -1.26. The van der Waals surface area contributed by atoms with E-state index in [2.05, 4.69) is 6.07 Å². The van der Waals surface area contributed by atoms with Crippen LogP contribution < -0.4 is 15.2 Å². The van der Waals surface area contributed by atoms with Gasteiger partial charge in [0.15, 0.2) is 11.5 Å². The molecule has 4 nitrogen and oxygen atoms in total. The molecule has 0 unspecified atom stereocenters. The molecular formula is C14H23NO3. The molecule has 2 N–H and O–H groups in total. The summed E-state index contributed by atoms with van der Waals surface area (Å²) in [6.07, 6.45) is 0.712. The normalized spacial score (nSPS) is 11.4. The Labute approximate surface area is 109 Å². The molecule has 0 aromatic heterocycles. The Kier molecular flexibility index (Phi) is 4.99. The van der Waals surface area contributed by atoms with E-state index in [9.17, 15) is 0 Å². The van der Waals surface area contributed by atoms with Crippen LogP contribution in [0, 0.1) is 0 Å². The average Bonchev–Trinajstić information content (AvgIpc) is 2.26. The van der Waals surface area contributed by atoms with Gasteiger partial charge in [0.2, 0.25) is 0 Å². The molecule has 0 atom stereocenters. The second-order valence-electron chi connectivity index (χ2n) is 5.09. The van der Waals surface area contributed by atoms with Gasteiger partial charge in [-0.1, -0.05) is 0 Å². The van der Waals surface area contributed by atoms with Crippen molar-refractivity contribution in [3.05, 3.63) is 23.3 Å². The SMILES string of the molecule is COCc1cc(CC(C)(C)N)c(OC)c(OC)c1. The summed E-state index contributed by atoms with van der Waals surface area (Å²) >= 11 is 0. The van der Waals surface area contributed by atoms with Crippen molar-refractivity contribution in [2.24, 2.45) is 5.73 Å². The molecule has 102 valence electrons. The lowest BCUT2D eigenvalue weighted by Crippen LogP contribution is -2.34. The van der Waals surface area contributed by atoms with Crippen molar-refractivity contribution in [3.63, 3.8) is 0 Å². The first-order valence-electron chi connectivity index (χ1n) is 5.93. The predicted molar refractivity (Wildman–Crippen MR) is 72.2 cm³/mol. The molecule has 1 rings (SSSR count). The van der Waals surface area contributed by atoms with Crippen LogP contribution in [0.4, 0.5) is 0 Å². The molecule has 1 aromatic rings. The molecule has 0 aliphatic heterocycles. The van der Waals surface area contributed by atoms with Gasteiger partial charge in [-0.15, -0.1) is 0 Å². The van der Waals surface area contributed by atoms with Crippen LogP contribution in [0.15, 0.2) is 12.1 Å². The second kappa shape index (κ2) is 6.07. The van der Waals surface area contributed by atoms with E-state index in [0.29, 0.717) is 18.8 Å². The highest BCUT2D eigenvalue weighted by Gasteiger charge is 2.19. The average molecular weight is 253 g/mol. The highest BCUT2D eigenvalue weighted by atomic mass is 16.5. The van der Waals surface area contributed by atoms with Crippen LogP contribution in [0.25, 0.3) is 0 Å². The third kappa shape index (κ3) is 3.89. The predicted octanol–water partition coefficient (Wildman–Crippen LogP) is 2.13. The number of rotatable bonds is 6. The maximum atomic E-state index is 6.08. The van der Waals surface area contributed by atoms with Crippen molar-refractivity contribution in [1.29, 1.82) is 0 Å². The van der Waals surface area contributed by atoms with Gasteiger partial charge in [-0.3, -0.25) is 0 Å². The minimum atomic E-state index is -0.302. The van der Waals surface area contributed by atoms with Gasteiger partial charge in [0, 0.05) is 18.2 Å². The monoisotopic (exact) mass is 253 g/mol.